The number of amides is 2. The van der Waals surface area contributed by atoms with E-state index in [1.165, 1.54) is 0 Å². The van der Waals surface area contributed by atoms with Crippen LogP contribution in [-0.4, -0.2) is 47.1 Å². The van der Waals surface area contributed by atoms with Gasteiger partial charge in [0.25, 0.3) is 5.91 Å². The Kier molecular flexibility index (Phi) is 6.36. The molecule has 2 amide bonds. The molecule has 1 aromatic heterocycles. The van der Waals surface area contributed by atoms with Crippen LogP contribution < -0.4 is 5.32 Å². The third-order valence-corrected chi connectivity index (χ3v) is 5.12. The highest BCUT2D eigenvalue weighted by Crippen LogP contribution is 2.34. The smallest absolute Gasteiger partial charge is 0.271 e. The lowest BCUT2D eigenvalue weighted by Gasteiger charge is -2.41. The molecular formula is C22H26FN3O3. The van der Waals surface area contributed by atoms with Crippen LogP contribution in [0.1, 0.15) is 36.7 Å². The molecule has 1 aliphatic heterocycles. The molecule has 1 N–H and O–H groups in total. The van der Waals surface area contributed by atoms with Crippen LogP contribution in [0.3, 0.4) is 0 Å². The molecule has 0 saturated heterocycles. The first-order valence-electron chi connectivity index (χ1n) is 9.61. The molecule has 0 fully saturated rings. The minimum Gasteiger partial charge on any atom is -0.501 e. The maximum Gasteiger partial charge on any atom is 0.271 e. The SMILES string of the molecule is C=C(/C=C\C=C(/C)OC)NC(=O)CCN1C(=O)c2cccn2C2=CCC(F)CC21. The third kappa shape index (κ3) is 4.67. The average Bonchev–Trinajstić information content (AvgIpc) is 3.17. The van der Waals surface area contributed by atoms with E-state index in [1.54, 1.807) is 42.4 Å². The fourth-order valence-corrected chi connectivity index (χ4v) is 3.59. The van der Waals surface area contributed by atoms with Gasteiger partial charge in [-0.3, -0.25) is 9.59 Å². The first-order valence-corrected chi connectivity index (χ1v) is 9.61. The lowest BCUT2D eigenvalue weighted by molar-refractivity contribution is -0.120. The highest BCUT2D eigenvalue weighted by atomic mass is 19.1. The fraction of sp³-hybridized carbons (Fsp3) is 0.364. The Hall–Kier alpha value is -3.09. The van der Waals surface area contributed by atoms with Crippen LogP contribution >= 0.6 is 0 Å². The summed E-state index contributed by atoms with van der Waals surface area (Å²) >= 11 is 0. The molecule has 0 spiro atoms. The van der Waals surface area contributed by atoms with Crippen LogP contribution in [-0.2, 0) is 9.53 Å². The van der Waals surface area contributed by atoms with Crippen molar-refractivity contribution >= 4 is 17.5 Å². The van der Waals surface area contributed by atoms with E-state index in [-0.39, 0.29) is 37.2 Å². The number of carbonyl (C=O) groups excluding carboxylic acids is 2. The van der Waals surface area contributed by atoms with Gasteiger partial charge in [0, 0.05) is 37.0 Å². The Morgan fingerprint density at radius 3 is 3.03 bits per heavy atom. The van der Waals surface area contributed by atoms with Crippen LogP contribution in [0.4, 0.5) is 4.39 Å². The first-order chi connectivity index (χ1) is 13.9. The van der Waals surface area contributed by atoms with E-state index in [0.717, 1.165) is 11.5 Å². The highest BCUT2D eigenvalue weighted by Gasteiger charge is 2.38. The van der Waals surface area contributed by atoms with Gasteiger partial charge < -0.3 is 19.5 Å². The van der Waals surface area contributed by atoms with Gasteiger partial charge in [0.15, 0.2) is 0 Å². The second-order valence-corrected chi connectivity index (χ2v) is 7.14. The Bertz CT molecular complexity index is 897. The summed E-state index contributed by atoms with van der Waals surface area (Å²) in [6.07, 6.45) is 8.52. The first kappa shape index (κ1) is 20.6. The lowest BCUT2D eigenvalue weighted by atomic mass is 9.93. The largest absolute Gasteiger partial charge is 0.501 e. The number of aromatic nitrogens is 1. The van der Waals surface area contributed by atoms with E-state index in [2.05, 4.69) is 11.9 Å². The predicted octanol–water partition coefficient (Wildman–Crippen LogP) is 3.41. The zero-order valence-corrected chi connectivity index (χ0v) is 16.7. The molecule has 1 aromatic rings. The number of allylic oxidation sites excluding steroid dienone is 5. The molecular weight excluding hydrogens is 373 g/mol. The molecule has 7 heteroatoms. The summed E-state index contributed by atoms with van der Waals surface area (Å²) in [5.41, 5.74) is 1.89. The molecule has 1 aliphatic carbocycles. The Balaban J connectivity index is 1.63. The molecule has 154 valence electrons. The van der Waals surface area contributed by atoms with Crippen LogP contribution in [0.5, 0.6) is 0 Å². The van der Waals surface area contributed by atoms with Crippen LogP contribution in [0, 0.1) is 0 Å². The monoisotopic (exact) mass is 399 g/mol. The van der Waals surface area contributed by atoms with E-state index in [4.69, 9.17) is 4.74 Å². The standard InChI is InChI=1S/C22H26FN3O3/c1-15(6-4-7-16(2)29-3)24-21(27)11-13-26-20-14-17(23)9-10-18(20)25-12-5-8-19(25)22(26)28/h4-8,10,12,17,20H,1,9,11,13-14H2,2-3H3,(H,24,27)/b6-4-,16-7+. The molecule has 29 heavy (non-hydrogen) atoms. The van der Waals surface area contributed by atoms with Crippen molar-refractivity contribution in [3.63, 3.8) is 0 Å². The number of hydrogen-bond donors (Lipinski definition) is 1. The molecule has 6 nitrogen and oxygen atoms in total. The highest BCUT2D eigenvalue weighted by molar-refractivity contribution is 5.97. The summed E-state index contributed by atoms with van der Waals surface area (Å²) < 4.78 is 20.9. The topological polar surface area (TPSA) is 63.6 Å². The maximum atomic E-state index is 14.0. The Morgan fingerprint density at radius 2 is 2.28 bits per heavy atom. The zero-order valence-electron chi connectivity index (χ0n) is 16.7. The summed E-state index contributed by atoms with van der Waals surface area (Å²) in [7, 11) is 1.58. The Morgan fingerprint density at radius 1 is 1.48 bits per heavy atom. The Labute approximate surface area is 170 Å². The molecule has 2 unspecified atom stereocenters. The zero-order chi connectivity index (χ0) is 21.0. The molecule has 0 saturated carbocycles. The van der Waals surface area contributed by atoms with E-state index < -0.39 is 6.17 Å². The van der Waals surface area contributed by atoms with E-state index >= 15 is 0 Å². The van der Waals surface area contributed by atoms with Gasteiger partial charge in [-0.05, 0) is 37.6 Å². The summed E-state index contributed by atoms with van der Waals surface area (Å²) in [6, 6.07) is 3.19. The van der Waals surface area contributed by atoms with Crippen LogP contribution in [0.2, 0.25) is 0 Å². The number of nitrogens with one attached hydrogen (secondary N) is 1. The number of fused-ring (bicyclic) bond motifs is 3. The molecule has 2 atom stereocenters. The van der Waals surface area contributed by atoms with Crippen LogP contribution in [0.25, 0.3) is 5.70 Å². The maximum absolute atomic E-state index is 14.0. The molecule has 0 radical (unpaired) electrons. The number of ether oxygens (including phenoxy) is 1. The van der Waals surface area contributed by atoms with E-state index in [9.17, 15) is 14.0 Å². The number of halogens is 1. The van der Waals surface area contributed by atoms with Gasteiger partial charge >= 0.3 is 0 Å². The van der Waals surface area contributed by atoms with Crippen molar-refractivity contribution in [3.05, 3.63) is 66.4 Å². The number of methoxy groups -OCH3 is 1. The van der Waals surface area contributed by atoms with Gasteiger partial charge in [-0.15, -0.1) is 0 Å². The lowest BCUT2D eigenvalue weighted by Crippen LogP contribution is -2.50. The summed E-state index contributed by atoms with van der Waals surface area (Å²) in [5, 5.41) is 2.70. The minimum atomic E-state index is -0.987. The van der Waals surface area contributed by atoms with Crippen molar-refractivity contribution in [1.29, 1.82) is 0 Å². The summed E-state index contributed by atoms with van der Waals surface area (Å²) in [6.45, 7) is 5.82. The van der Waals surface area contributed by atoms with Gasteiger partial charge in [-0.1, -0.05) is 18.7 Å². The second-order valence-electron chi connectivity index (χ2n) is 7.14. The number of hydrogen-bond acceptors (Lipinski definition) is 3. The minimum absolute atomic E-state index is 0.104. The summed E-state index contributed by atoms with van der Waals surface area (Å²) in [5.74, 6) is 0.299. The molecule has 0 aromatic carbocycles. The van der Waals surface area contributed by atoms with Gasteiger partial charge in [0.05, 0.1) is 18.9 Å². The van der Waals surface area contributed by atoms with Gasteiger partial charge in [0.2, 0.25) is 5.91 Å². The molecule has 2 heterocycles. The number of rotatable bonds is 7. The second kappa shape index (κ2) is 8.94. The van der Waals surface area contributed by atoms with Gasteiger partial charge in [-0.25, -0.2) is 4.39 Å². The van der Waals surface area contributed by atoms with Gasteiger partial charge in [0.1, 0.15) is 11.9 Å². The van der Waals surface area contributed by atoms with Crippen molar-refractivity contribution in [2.75, 3.05) is 13.7 Å². The molecule has 2 aliphatic rings. The van der Waals surface area contributed by atoms with E-state index in [1.807, 2.05) is 23.8 Å². The number of nitrogens with zero attached hydrogens (tertiary/aromatic N) is 2. The number of alkyl halides is 1. The average molecular weight is 399 g/mol. The quantitative estimate of drug-likeness (QED) is 0.565. The van der Waals surface area contributed by atoms with Crippen molar-refractivity contribution in [1.82, 2.24) is 14.8 Å². The molecule has 0 bridgehead atoms. The normalized spacial score (nSPS) is 21.5. The fourth-order valence-electron chi connectivity index (χ4n) is 3.59. The van der Waals surface area contributed by atoms with E-state index in [0.29, 0.717) is 17.8 Å². The summed E-state index contributed by atoms with van der Waals surface area (Å²) in [4.78, 5) is 26.8. The van der Waals surface area contributed by atoms with Crippen molar-refractivity contribution < 1.29 is 18.7 Å². The molecule has 3 rings (SSSR count). The van der Waals surface area contributed by atoms with Crippen molar-refractivity contribution in [2.24, 2.45) is 0 Å². The number of carbonyl (C=O) groups is 2. The van der Waals surface area contributed by atoms with Gasteiger partial charge in [-0.2, -0.15) is 0 Å². The van der Waals surface area contributed by atoms with Crippen LogP contribution in [0.15, 0.2) is 60.7 Å². The predicted molar refractivity (Wildman–Crippen MR) is 109 cm³/mol. The van der Waals surface area contributed by atoms with Crippen molar-refractivity contribution in [3.8, 4) is 0 Å². The van der Waals surface area contributed by atoms with Crippen molar-refractivity contribution in [2.45, 2.75) is 38.4 Å². The third-order valence-electron chi connectivity index (χ3n) is 5.12.